The van der Waals surface area contributed by atoms with Crippen molar-refractivity contribution >= 4 is 22.4 Å². The molecule has 0 aromatic carbocycles. The van der Waals surface area contributed by atoms with Gasteiger partial charge in [-0.25, -0.2) is 0 Å². The first-order valence-electron chi connectivity index (χ1n) is 6.44. The van der Waals surface area contributed by atoms with E-state index >= 15 is 0 Å². The smallest absolute Gasteiger partial charge is 0.284 e. The molecular formula is C12H20N4OS. The molecule has 1 aromatic heterocycles. The number of hydrogen-bond acceptors (Lipinski definition) is 5. The fraction of sp³-hybridized carbons (Fsp3) is 0.750. The van der Waals surface area contributed by atoms with Gasteiger partial charge in [0.05, 0.1) is 0 Å². The minimum absolute atomic E-state index is 0.0257. The van der Waals surface area contributed by atoms with Crippen molar-refractivity contribution < 1.29 is 4.79 Å². The predicted molar refractivity (Wildman–Crippen MR) is 73.0 cm³/mol. The number of nitrogens with zero attached hydrogens (tertiary/aromatic N) is 3. The quantitative estimate of drug-likeness (QED) is 0.909. The Labute approximate surface area is 112 Å². The van der Waals surface area contributed by atoms with Gasteiger partial charge in [0.1, 0.15) is 0 Å². The second-order valence-corrected chi connectivity index (χ2v) is 5.82. The van der Waals surface area contributed by atoms with Gasteiger partial charge in [-0.05, 0) is 24.7 Å². The molecule has 1 amide bonds. The first-order chi connectivity index (χ1) is 8.64. The van der Waals surface area contributed by atoms with Gasteiger partial charge in [-0.15, -0.1) is 10.2 Å². The molecule has 5 nitrogen and oxygen atoms in total. The van der Waals surface area contributed by atoms with Crippen LogP contribution in [0.25, 0.3) is 0 Å². The van der Waals surface area contributed by atoms with Crippen LogP contribution in [-0.2, 0) is 0 Å². The molecule has 2 heterocycles. The number of likely N-dealkylation sites (tertiary alicyclic amines) is 1. The maximum Gasteiger partial charge on any atom is 0.284 e. The van der Waals surface area contributed by atoms with Crippen LogP contribution < -0.4 is 5.32 Å². The molecule has 0 saturated carbocycles. The number of hydrogen-bond donors (Lipinski definition) is 1. The second kappa shape index (κ2) is 5.22. The van der Waals surface area contributed by atoms with Gasteiger partial charge in [0.15, 0.2) is 0 Å². The highest BCUT2D eigenvalue weighted by Crippen LogP contribution is 2.37. The number of anilines is 1. The van der Waals surface area contributed by atoms with E-state index in [1.807, 2.05) is 4.90 Å². The van der Waals surface area contributed by atoms with E-state index < -0.39 is 0 Å². The van der Waals surface area contributed by atoms with E-state index in [9.17, 15) is 4.79 Å². The average molecular weight is 268 g/mol. The number of nitrogens with one attached hydrogen (secondary N) is 1. The lowest BCUT2D eigenvalue weighted by Crippen LogP contribution is -2.31. The van der Waals surface area contributed by atoms with Crippen molar-refractivity contribution in [1.29, 1.82) is 0 Å². The Bertz CT molecular complexity index is 427. The van der Waals surface area contributed by atoms with Crippen LogP contribution in [0.1, 0.15) is 42.9 Å². The summed E-state index contributed by atoms with van der Waals surface area (Å²) in [6.45, 7) is 6.12. The molecule has 2 rings (SSSR count). The summed E-state index contributed by atoms with van der Waals surface area (Å²) in [6, 6.07) is 0. The van der Waals surface area contributed by atoms with Crippen molar-refractivity contribution in [3.05, 3.63) is 5.01 Å². The lowest BCUT2D eigenvalue weighted by molar-refractivity contribution is 0.0768. The molecule has 1 saturated heterocycles. The van der Waals surface area contributed by atoms with E-state index in [1.54, 1.807) is 7.05 Å². The molecule has 0 unspecified atom stereocenters. The molecule has 100 valence electrons. The zero-order valence-corrected chi connectivity index (χ0v) is 12.0. The van der Waals surface area contributed by atoms with Crippen molar-refractivity contribution in [2.45, 2.75) is 33.1 Å². The van der Waals surface area contributed by atoms with Crippen LogP contribution in [0.2, 0.25) is 0 Å². The van der Waals surface area contributed by atoms with Crippen LogP contribution >= 0.6 is 11.3 Å². The standard InChI is InChI=1S/C12H20N4OS/c1-4-12(5-2)6-7-16(8-12)10(17)9-14-15-11(13-3)18-9/h4-8H2,1-3H3,(H,13,15). The number of aromatic nitrogens is 2. The number of carbonyl (C=O) groups excluding carboxylic acids is 1. The van der Waals surface area contributed by atoms with Crippen molar-refractivity contribution in [1.82, 2.24) is 15.1 Å². The fourth-order valence-electron chi connectivity index (χ4n) is 2.48. The monoisotopic (exact) mass is 268 g/mol. The molecule has 0 aliphatic carbocycles. The number of rotatable bonds is 4. The highest BCUT2D eigenvalue weighted by atomic mass is 32.1. The Morgan fingerprint density at radius 2 is 2.17 bits per heavy atom. The minimum atomic E-state index is 0.0257. The Kier molecular flexibility index (Phi) is 3.85. The Morgan fingerprint density at radius 1 is 1.44 bits per heavy atom. The van der Waals surface area contributed by atoms with Gasteiger partial charge in [0.25, 0.3) is 5.91 Å². The van der Waals surface area contributed by atoms with E-state index in [4.69, 9.17) is 0 Å². The van der Waals surface area contributed by atoms with E-state index in [0.29, 0.717) is 15.6 Å². The van der Waals surface area contributed by atoms with Crippen LogP contribution in [0, 0.1) is 5.41 Å². The van der Waals surface area contributed by atoms with Crippen molar-refractivity contribution in [3.8, 4) is 0 Å². The molecule has 0 spiro atoms. The Morgan fingerprint density at radius 3 is 2.67 bits per heavy atom. The van der Waals surface area contributed by atoms with Gasteiger partial charge < -0.3 is 10.2 Å². The van der Waals surface area contributed by atoms with Crippen LogP contribution in [0.3, 0.4) is 0 Å². The Hall–Kier alpha value is -1.17. The predicted octanol–water partition coefficient (Wildman–Crippen LogP) is 2.23. The summed E-state index contributed by atoms with van der Waals surface area (Å²) >= 11 is 1.32. The third-order valence-corrected chi connectivity index (χ3v) is 4.98. The van der Waals surface area contributed by atoms with Gasteiger partial charge in [-0.2, -0.15) is 0 Å². The van der Waals surface area contributed by atoms with E-state index in [-0.39, 0.29) is 5.91 Å². The van der Waals surface area contributed by atoms with Crippen molar-refractivity contribution in [2.75, 3.05) is 25.5 Å². The summed E-state index contributed by atoms with van der Waals surface area (Å²) in [4.78, 5) is 14.2. The molecule has 0 bridgehead atoms. The zero-order chi connectivity index (χ0) is 13.2. The van der Waals surface area contributed by atoms with Crippen molar-refractivity contribution in [3.63, 3.8) is 0 Å². The van der Waals surface area contributed by atoms with Crippen LogP contribution in [-0.4, -0.2) is 41.1 Å². The molecule has 1 fully saturated rings. The highest BCUT2D eigenvalue weighted by molar-refractivity contribution is 7.17. The van der Waals surface area contributed by atoms with Gasteiger partial charge in [0, 0.05) is 20.1 Å². The van der Waals surface area contributed by atoms with Gasteiger partial charge in [-0.3, -0.25) is 4.79 Å². The minimum Gasteiger partial charge on any atom is -0.363 e. The van der Waals surface area contributed by atoms with Crippen LogP contribution in [0.4, 0.5) is 5.13 Å². The molecule has 6 heteroatoms. The molecular weight excluding hydrogens is 248 g/mol. The number of carbonyl (C=O) groups is 1. The Balaban J connectivity index is 2.07. The first-order valence-corrected chi connectivity index (χ1v) is 7.26. The molecule has 1 N–H and O–H groups in total. The van der Waals surface area contributed by atoms with Gasteiger partial charge in [-0.1, -0.05) is 25.2 Å². The second-order valence-electron chi connectivity index (χ2n) is 4.85. The maximum atomic E-state index is 12.3. The highest BCUT2D eigenvalue weighted by Gasteiger charge is 2.38. The van der Waals surface area contributed by atoms with E-state index in [0.717, 1.165) is 32.4 Å². The molecule has 1 aliphatic heterocycles. The lowest BCUT2D eigenvalue weighted by atomic mass is 9.82. The fourth-order valence-corrected chi connectivity index (χ4v) is 3.15. The van der Waals surface area contributed by atoms with E-state index in [2.05, 4.69) is 29.4 Å². The summed E-state index contributed by atoms with van der Waals surface area (Å²) in [6.07, 6.45) is 3.36. The first kappa shape index (κ1) is 13.3. The summed E-state index contributed by atoms with van der Waals surface area (Å²) in [5.74, 6) is 0.0257. The van der Waals surface area contributed by atoms with Crippen LogP contribution in [0.5, 0.6) is 0 Å². The normalized spacial score (nSPS) is 18.1. The molecule has 1 aliphatic rings. The molecule has 18 heavy (non-hydrogen) atoms. The van der Waals surface area contributed by atoms with Gasteiger partial charge in [0.2, 0.25) is 10.1 Å². The summed E-state index contributed by atoms with van der Waals surface area (Å²) < 4.78 is 0. The average Bonchev–Trinajstić information content (AvgIpc) is 3.05. The third kappa shape index (κ3) is 2.34. The SMILES string of the molecule is CCC1(CC)CCN(C(=O)c2nnc(NC)s2)C1. The summed E-state index contributed by atoms with van der Waals surface area (Å²) in [7, 11) is 1.78. The van der Waals surface area contributed by atoms with Gasteiger partial charge >= 0.3 is 0 Å². The summed E-state index contributed by atoms with van der Waals surface area (Å²) in [5, 5.41) is 11.9. The van der Waals surface area contributed by atoms with Crippen molar-refractivity contribution in [2.24, 2.45) is 5.41 Å². The lowest BCUT2D eigenvalue weighted by Gasteiger charge is -2.25. The summed E-state index contributed by atoms with van der Waals surface area (Å²) in [5.41, 5.74) is 0.312. The van der Waals surface area contributed by atoms with Crippen LogP contribution in [0.15, 0.2) is 0 Å². The number of amides is 1. The third-order valence-electron chi connectivity index (χ3n) is 4.05. The topological polar surface area (TPSA) is 58.1 Å². The van der Waals surface area contributed by atoms with E-state index in [1.165, 1.54) is 11.3 Å². The molecule has 1 aromatic rings. The zero-order valence-electron chi connectivity index (χ0n) is 11.2. The largest absolute Gasteiger partial charge is 0.363 e. The molecule has 0 radical (unpaired) electrons. The molecule has 0 atom stereocenters. The maximum absolute atomic E-state index is 12.3.